The maximum absolute atomic E-state index is 12.7. The molecule has 1 fully saturated rings. The van der Waals surface area contributed by atoms with E-state index in [1.165, 1.54) is 37.0 Å². The fraction of sp³-hybridized carbons (Fsp3) is 0.737. The van der Waals surface area contributed by atoms with Gasteiger partial charge in [-0.1, -0.05) is 32.6 Å². The molecule has 2 rings (SSSR count). The number of thiazole rings is 1. The highest BCUT2D eigenvalue weighted by Gasteiger charge is 2.24. The van der Waals surface area contributed by atoms with Gasteiger partial charge < -0.3 is 10.2 Å². The summed E-state index contributed by atoms with van der Waals surface area (Å²) in [6.07, 6.45) is 7.44. The van der Waals surface area contributed by atoms with Crippen LogP contribution in [0.1, 0.15) is 69.4 Å². The topological polar surface area (TPSA) is 62.3 Å². The summed E-state index contributed by atoms with van der Waals surface area (Å²) in [6.45, 7) is 8.09. The lowest BCUT2D eigenvalue weighted by Crippen LogP contribution is -2.43. The molecule has 1 aromatic heterocycles. The second-order valence-corrected chi connectivity index (χ2v) is 8.38. The molecule has 140 valence electrons. The molecular weight excluding hydrogens is 334 g/mol. The number of aryl methyl sites for hydroxylation is 2. The van der Waals surface area contributed by atoms with Crippen LogP contribution < -0.4 is 5.32 Å². The smallest absolute Gasteiger partial charge is 0.245 e. The molecule has 0 aromatic carbocycles. The Kier molecular flexibility index (Phi) is 7.41. The van der Waals surface area contributed by atoms with Crippen molar-refractivity contribution in [3.05, 3.63) is 10.6 Å². The molecule has 1 aliphatic carbocycles. The second-order valence-electron chi connectivity index (χ2n) is 7.18. The first-order valence-electron chi connectivity index (χ1n) is 9.44. The van der Waals surface area contributed by atoms with Crippen LogP contribution in [-0.2, 0) is 9.59 Å². The summed E-state index contributed by atoms with van der Waals surface area (Å²) < 4.78 is 0. The Balaban J connectivity index is 1.91. The van der Waals surface area contributed by atoms with Crippen LogP contribution in [0.4, 0.5) is 5.13 Å². The Bertz CT molecular complexity index is 574. The number of aromatic nitrogens is 1. The van der Waals surface area contributed by atoms with E-state index in [-0.39, 0.29) is 24.4 Å². The van der Waals surface area contributed by atoms with Crippen LogP contribution >= 0.6 is 11.3 Å². The van der Waals surface area contributed by atoms with E-state index in [9.17, 15) is 9.59 Å². The highest BCUT2D eigenvalue weighted by atomic mass is 32.1. The molecule has 1 heterocycles. The fourth-order valence-corrected chi connectivity index (χ4v) is 4.15. The molecule has 1 N–H and O–H groups in total. The Morgan fingerprint density at radius 3 is 2.56 bits per heavy atom. The van der Waals surface area contributed by atoms with Gasteiger partial charge in [-0.2, -0.15) is 0 Å². The number of amides is 2. The average Bonchev–Trinajstić information content (AvgIpc) is 3.20. The molecule has 2 amide bonds. The zero-order valence-electron chi connectivity index (χ0n) is 15.9. The number of hydrogen-bond donors (Lipinski definition) is 1. The first kappa shape index (κ1) is 19.9. The van der Waals surface area contributed by atoms with Crippen LogP contribution in [0.25, 0.3) is 0 Å². The van der Waals surface area contributed by atoms with Gasteiger partial charge >= 0.3 is 0 Å². The van der Waals surface area contributed by atoms with E-state index in [2.05, 4.69) is 10.3 Å². The molecule has 0 radical (unpaired) electrons. The van der Waals surface area contributed by atoms with Gasteiger partial charge in [0, 0.05) is 17.3 Å². The first-order chi connectivity index (χ1) is 11.9. The summed E-state index contributed by atoms with van der Waals surface area (Å²) in [4.78, 5) is 32.2. The molecular formula is C19H31N3O2S. The van der Waals surface area contributed by atoms with Crippen molar-refractivity contribution in [2.24, 2.45) is 5.92 Å². The number of rotatable bonds is 8. The zero-order valence-corrected chi connectivity index (χ0v) is 16.7. The molecule has 0 bridgehead atoms. The van der Waals surface area contributed by atoms with Crippen LogP contribution in [0.2, 0.25) is 0 Å². The third kappa shape index (κ3) is 5.80. The minimum absolute atomic E-state index is 0.0709. The van der Waals surface area contributed by atoms with Crippen LogP contribution in [-0.4, -0.2) is 34.3 Å². The molecule has 0 aliphatic heterocycles. The van der Waals surface area contributed by atoms with Gasteiger partial charge in [-0.05, 0) is 39.5 Å². The van der Waals surface area contributed by atoms with Crippen LogP contribution in [0.15, 0.2) is 0 Å². The van der Waals surface area contributed by atoms with Crippen molar-refractivity contribution >= 4 is 28.3 Å². The van der Waals surface area contributed by atoms with E-state index in [1.54, 1.807) is 4.90 Å². The number of carbonyl (C=O) groups is 2. The van der Waals surface area contributed by atoms with Gasteiger partial charge in [0.25, 0.3) is 0 Å². The molecule has 1 aromatic rings. The molecule has 6 heteroatoms. The monoisotopic (exact) mass is 365 g/mol. The fourth-order valence-electron chi connectivity index (χ4n) is 3.32. The second kappa shape index (κ2) is 9.32. The highest BCUT2D eigenvalue weighted by molar-refractivity contribution is 7.15. The standard InChI is InChI=1S/C19H31N3O2S/c1-5-13(2)22(18(24)11-10-16-8-6-7-9-16)12-17(23)21-19-20-14(3)15(4)25-19/h13,16H,5-12H2,1-4H3,(H,20,21,23). The largest absolute Gasteiger partial charge is 0.331 e. The van der Waals surface area contributed by atoms with Gasteiger partial charge in [0.05, 0.1) is 5.69 Å². The predicted molar refractivity (Wildman–Crippen MR) is 103 cm³/mol. The van der Waals surface area contributed by atoms with Gasteiger partial charge in [0.1, 0.15) is 6.54 Å². The van der Waals surface area contributed by atoms with E-state index in [4.69, 9.17) is 0 Å². The number of nitrogens with one attached hydrogen (secondary N) is 1. The Labute approximate surface area is 155 Å². The lowest BCUT2D eigenvalue weighted by Gasteiger charge is -2.28. The number of carbonyl (C=O) groups excluding carboxylic acids is 2. The van der Waals surface area contributed by atoms with Gasteiger partial charge in [0.15, 0.2) is 5.13 Å². The van der Waals surface area contributed by atoms with Crippen LogP contribution in [0, 0.1) is 19.8 Å². The lowest BCUT2D eigenvalue weighted by atomic mass is 10.0. The Morgan fingerprint density at radius 2 is 2.00 bits per heavy atom. The summed E-state index contributed by atoms with van der Waals surface area (Å²) in [6, 6.07) is 0.0709. The van der Waals surface area contributed by atoms with Crippen LogP contribution in [0.3, 0.4) is 0 Å². The maximum Gasteiger partial charge on any atom is 0.245 e. The summed E-state index contributed by atoms with van der Waals surface area (Å²) in [5.41, 5.74) is 0.937. The summed E-state index contributed by atoms with van der Waals surface area (Å²) in [5.74, 6) is 0.629. The average molecular weight is 366 g/mol. The van der Waals surface area contributed by atoms with Crippen molar-refractivity contribution in [2.45, 2.75) is 78.7 Å². The minimum Gasteiger partial charge on any atom is -0.331 e. The van der Waals surface area contributed by atoms with Gasteiger partial charge in [-0.3, -0.25) is 9.59 Å². The SMILES string of the molecule is CCC(C)N(CC(=O)Nc1nc(C)c(C)s1)C(=O)CCC1CCCC1. The molecule has 25 heavy (non-hydrogen) atoms. The number of hydrogen-bond acceptors (Lipinski definition) is 4. The van der Waals surface area contributed by atoms with E-state index in [0.717, 1.165) is 23.4 Å². The molecule has 1 unspecified atom stereocenters. The molecule has 5 nitrogen and oxygen atoms in total. The molecule has 0 spiro atoms. The van der Waals surface area contributed by atoms with Gasteiger partial charge in [-0.15, -0.1) is 11.3 Å². The Morgan fingerprint density at radius 1 is 1.32 bits per heavy atom. The summed E-state index contributed by atoms with van der Waals surface area (Å²) in [7, 11) is 0. The van der Waals surface area contributed by atoms with E-state index in [0.29, 0.717) is 17.5 Å². The number of anilines is 1. The summed E-state index contributed by atoms with van der Waals surface area (Å²) in [5, 5.41) is 3.45. The molecule has 0 saturated heterocycles. The molecule has 1 aliphatic rings. The van der Waals surface area contributed by atoms with Gasteiger partial charge in [-0.25, -0.2) is 4.98 Å². The van der Waals surface area contributed by atoms with Crippen molar-refractivity contribution < 1.29 is 9.59 Å². The maximum atomic E-state index is 12.7. The quantitative estimate of drug-likeness (QED) is 0.747. The minimum atomic E-state index is -0.164. The van der Waals surface area contributed by atoms with Crippen molar-refractivity contribution in [3.8, 4) is 0 Å². The summed E-state index contributed by atoms with van der Waals surface area (Å²) >= 11 is 1.47. The Hall–Kier alpha value is -1.43. The van der Waals surface area contributed by atoms with Crippen LogP contribution in [0.5, 0.6) is 0 Å². The highest BCUT2D eigenvalue weighted by Crippen LogP contribution is 2.29. The van der Waals surface area contributed by atoms with E-state index < -0.39 is 0 Å². The predicted octanol–water partition coefficient (Wildman–Crippen LogP) is 4.30. The third-order valence-corrected chi connectivity index (χ3v) is 6.26. The zero-order chi connectivity index (χ0) is 18.4. The number of nitrogens with zero attached hydrogens (tertiary/aromatic N) is 2. The molecule has 1 saturated carbocycles. The molecule has 1 atom stereocenters. The van der Waals surface area contributed by atoms with Crippen molar-refractivity contribution in [2.75, 3.05) is 11.9 Å². The van der Waals surface area contributed by atoms with E-state index in [1.807, 2.05) is 27.7 Å². The third-order valence-electron chi connectivity index (χ3n) is 5.27. The van der Waals surface area contributed by atoms with E-state index >= 15 is 0 Å². The van der Waals surface area contributed by atoms with Crippen molar-refractivity contribution in [3.63, 3.8) is 0 Å². The van der Waals surface area contributed by atoms with Gasteiger partial charge in [0.2, 0.25) is 11.8 Å². The van der Waals surface area contributed by atoms with Crippen molar-refractivity contribution in [1.82, 2.24) is 9.88 Å². The van der Waals surface area contributed by atoms with Crippen molar-refractivity contribution in [1.29, 1.82) is 0 Å². The first-order valence-corrected chi connectivity index (χ1v) is 10.3. The normalized spacial score (nSPS) is 16.0. The lowest BCUT2D eigenvalue weighted by molar-refractivity contribution is -0.137.